The van der Waals surface area contributed by atoms with Crippen LogP contribution in [0.3, 0.4) is 0 Å². The van der Waals surface area contributed by atoms with E-state index in [2.05, 4.69) is 0 Å². The van der Waals surface area contributed by atoms with Gasteiger partial charge in [0.15, 0.2) is 11.6 Å². The van der Waals surface area contributed by atoms with Gasteiger partial charge in [0.05, 0.1) is 5.41 Å². The third kappa shape index (κ3) is 5.36. The molecule has 12 heteroatoms. The number of fused-ring (bicyclic) bond motifs is 2. The molecule has 0 saturated heterocycles. The van der Waals surface area contributed by atoms with Crippen molar-refractivity contribution in [2.24, 2.45) is 0 Å². The molecule has 37 heavy (non-hydrogen) atoms. The topological polar surface area (TPSA) is 115 Å². The Morgan fingerprint density at radius 2 is 1.49 bits per heavy atom. The maximum Gasteiger partial charge on any atom is 0.326 e. The molecule has 198 valence electrons. The second-order valence-electron chi connectivity index (χ2n) is 10.1. The summed E-state index contributed by atoms with van der Waals surface area (Å²) in [7, 11) is -8.73. The number of halogens is 2. The lowest BCUT2D eigenvalue weighted by molar-refractivity contribution is -0.416. The fourth-order valence-corrected chi connectivity index (χ4v) is 6.68. The average molecular weight is 587 g/mol. The lowest BCUT2D eigenvalue weighted by atomic mass is 9.81. The molecule has 0 amide bonds. The normalized spacial score (nSPS) is 19.7. The van der Waals surface area contributed by atoms with E-state index in [1.54, 1.807) is 54.6 Å². The standard InChI is InChI=1S/C25H26Cl2N2O6S2/c1-24(2)18-12-16(26)8-10-20(18)28(14-36(30,31)32)22(24)6-5-7-23-25(3,4)19-13-17(27)9-11-21(19)29(23)15-37(33,34)35/h5-13H,14-15H2,1-4H3,(H-,30,31,32,33,34,35)/p+1. The highest BCUT2D eigenvalue weighted by Gasteiger charge is 2.46. The Morgan fingerprint density at radius 3 is 2.08 bits per heavy atom. The minimum atomic E-state index is -4.36. The van der Waals surface area contributed by atoms with E-state index in [1.807, 2.05) is 27.7 Å². The van der Waals surface area contributed by atoms with Crippen molar-refractivity contribution in [1.29, 1.82) is 0 Å². The van der Waals surface area contributed by atoms with Crippen LogP contribution in [0.4, 0.5) is 11.4 Å². The highest BCUT2D eigenvalue weighted by molar-refractivity contribution is 7.86. The van der Waals surface area contributed by atoms with Gasteiger partial charge in [-0.25, -0.2) is 0 Å². The summed E-state index contributed by atoms with van der Waals surface area (Å²) in [6.07, 6.45) is 5.15. The van der Waals surface area contributed by atoms with E-state index in [0.29, 0.717) is 32.8 Å². The zero-order valence-corrected chi connectivity index (χ0v) is 23.7. The van der Waals surface area contributed by atoms with E-state index in [-0.39, 0.29) is 0 Å². The monoisotopic (exact) mass is 585 g/mol. The van der Waals surface area contributed by atoms with Gasteiger partial charge in [0, 0.05) is 44.6 Å². The van der Waals surface area contributed by atoms with Crippen molar-refractivity contribution in [2.45, 2.75) is 38.5 Å². The summed E-state index contributed by atoms with van der Waals surface area (Å²) in [5, 5.41) is 0.993. The summed E-state index contributed by atoms with van der Waals surface area (Å²) >= 11 is 12.4. The van der Waals surface area contributed by atoms with Gasteiger partial charge in [0.25, 0.3) is 16.0 Å². The summed E-state index contributed by atoms with van der Waals surface area (Å²) in [5.74, 6) is -1.29. The molecular formula is C25H27Cl2N2O6S2+. The molecule has 0 unspecified atom stereocenters. The lowest BCUT2D eigenvalue weighted by Gasteiger charge is -2.25. The van der Waals surface area contributed by atoms with Gasteiger partial charge < -0.3 is 4.90 Å². The molecular weight excluding hydrogens is 559 g/mol. The van der Waals surface area contributed by atoms with E-state index in [1.165, 1.54) is 9.48 Å². The molecule has 0 saturated carbocycles. The minimum Gasteiger partial charge on any atom is -0.327 e. The number of nitrogens with zero attached hydrogens (tertiary/aromatic N) is 2. The molecule has 0 aliphatic carbocycles. The predicted molar refractivity (Wildman–Crippen MR) is 146 cm³/mol. The molecule has 2 heterocycles. The molecule has 8 nitrogen and oxygen atoms in total. The highest BCUT2D eigenvalue weighted by Crippen LogP contribution is 2.49. The van der Waals surface area contributed by atoms with Crippen molar-refractivity contribution in [3.8, 4) is 0 Å². The van der Waals surface area contributed by atoms with E-state index in [9.17, 15) is 25.9 Å². The molecule has 2 aliphatic rings. The van der Waals surface area contributed by atoms with E-state index in [0.717, 1.165) is 11.1 Å². The number of rotatable bonds is 6. The van der Waals surface area contributed by atoms with Gasteiger partial charge in [0.1, 0.15) is 0 Å². The van der Waals surface area contributed by atoms with Crippen molar-refractivity contribution in [3.05, 3.63) is 81.5 Å². The average Bonchev–Trinajstić information content (AvgIpc) is 3.05. The zero-order valence-electron chi connectivity index (χ0n) is 20.6. The third-order valence-corrected chi connectivity index (χ3v) is 8.44. The molecule has 0 bridgehead atoms. The van der Waals surface area contributed by atoms with Gasteiger partial charge in [-0.15, -0.1) is 0 Å². The Bertz CT molecular complexity index is 1610. The van der Waals surface area contributed by atoms with Crippen molar-refractivity contribution < 1.29 is 30.5 Å². The Kier molecular flexibility index (Phi) is 6.93. The summed E-state index contributed by atoms with van der Waals surface area (Å²) in [6, 6.07) is 10.2. The molecule has 2 aromatic carbocycles. The Hall–Kier alpha value is -2.21. The molecule has 0 spiro atoms. The van der Waals surface area contributed by atoms with Gasteiger partial charge in [-0.05, 0) is 55.8 Å². The first kappa shape index (κ1) is 27.8. The first-order valence-corrected chi connectivity index (χ1v) is 15.2. The number of hydrogen-bond donors (Lipinski definition) is 2. The van der Waals surface area contributed by atoms with Crippen molar-refractivity contribution >= 4 is 60.5 Å². The minimum absolute atomic E-state index is 0.496. The van der Waals surface area contributed by atoms with Crippen LogP contribution in [0.2, 0.25) is 10.0 Å². The molecule has 2 aliphatic heterocycles. The molecule has 2 aromatic rings. The second kappa shape index (κ2) is 9.21. The Balaban J connectivity index is 1.85. The maximum absolute atomic E-state index is 11.9. The van der Waals surface area contributed by atoms with Crippen LogP contribution in [0.5, 0.6) is 0 Å². The molecule has 0 aromatic heterocycles. The second-order valence-corrected chi connectivity index (χ2v) is 13.9. The summed E-state index contributed by atoms with van der Waals surface area (Å²) < 4.78 is 68.2. The van der Waals surface area contributed by atoms with E-state index >= 15 is 0 Å². The van der Waals surface area contributed by atoms with Crippen LogP contribution in [0.25, 0.3) is 0 Å². The summed E-state index contributed by atoms with van der Waals surface area (Å²) in [6.45, 7) is 7.67. The third-order valence-electron chi connectivity index (χ3n) is 6.80. The lowest BCUT2D eigenvalue weighted by Crippen LogP contribution is -2.31. The van der Waals surface area contributed by atoms with Crippen molar-refractivity contribution in [1.82, 2.24) is 0 Å². The molecule has 0 atom stereocenters. The first-order chi connectivity index (χ1) is 16.9. The molecule has 0 radical (unpaired) electrons. The van der Waals surface area contributed by atoms with Gasteiger partial charge >= 0.3 is 10.1 Å². The fraction of sp³-hybridized carbons (Fsp3) is 0.320. The fourth-order valence-electron chi connectivity index (χ4n) is 5.13. The predicted octanol–water partition coefficient (Wildman–Crippen LogP) is 5.30. The van der Waals surface area contributed by atoms with Crippen molar-refractivity contribution in [2.75, 3.05) is 16.7 Å². The van der Waals surface area contributed by atoms with Crippen LogP contribution < -0.4 is 4.90 Å². The van der Waals surface area contributed by atoms with Crippen LogP contribution in [0.15, 0.2) is 60.3 Å². The Morgan fingerprint density at radius 1 is 0.892 bits per heavy atom. The van der Waals surface area contributed by atoms with E-state index < -0.39 is 42.8 Å². The van der Waals surface area contributed by atoms with Crippen LogP contribution in [0, 0.1) is 0 Å². The van der Waals surface area contributed by atoms with Crippen LogP contribution in [0.1, 0.15) is 38.8 Å². The maximum atomic E-state index is 11.9. The van der Waals surface area contributed by atoms with Crippen LogP contribution in [-0.4, -0.2) is 48.0 Å². The molecule has 4 rings (SSSR count). The smallest absolute Gasteiger partial charge is 0.326 e. The summed E-state index contributed by atoms with van der Waals surface area (Å²) in [4.78, 5) is 1.51. The first-order valence-electron chi connectivity index (χ1n) is 11.2. The van der Waals surface area contributed by atoms with Crippen LogP contribution >= 0.6 is 23.2 Å². The van der Waals surface area contributed by atoms with Crippen molar-refractivity contribution in [3.63, 3.8) is 0 Å². The number of benzene rings is 2. The van der Waals surface area contributed by atoms with Gasteiger partial charge in [-0.2, -0.15) is 21.4 Å². The van der Waals surface area contributed by atoms with Gasteiger partial charge in [-0.1, -0.05) is 43.1 Å². The number of anilines is 1. The SMILES string of the molecule is CC1(C)C(=CC=CC2=[N+](CS(=O)(=O)O)c3ccc(Cl)cc3C2(C)C)N(CS(=O)(=O)O)c2ccc(Cl)cc21. The summed E-state index contributed by atoms with van der Waals surface area (Å²) in [5.41, 5.74) is 2.69. The largest absolute Gasteiger partial charge is 0.327 e. The zero-order chi connectivity index (χ0) is 27.6. The molecule has 2 N–H and O–H groups in total. The van der Waals surface area contributed by atoms with Crippen LogP contribution in [-0.2, 0) is 31.1 Å². The Labute approximate surface area is 227 Å². The number of hydrogen-bond acceptors (Lipinski definition) is 5. The quantitative estimate of drug-likeness (QED) is 0.349. The highest BCUT2D eigenvalue weighted by atomic mass is 35.5. The van der Waals surface area contributed by atoms with Gasteiger partial charge in [-0.3, -0.25) is 9.11 Å². The number of allylic oxidation sites excluding steroid dienone is 4. The van der Waals surface area contributed by atoms with E-state index in [4.69, 9.17) is 23.2 Å². The van der Waals surface area contributed by atoms with Gasteiger partial charge in [0.2, 0.25) is 5.69 Å². The molecule has 0 fully saturated rings.